The van der Waals surface area contributed by atoms with E-state index >= 15 is 0 Å². The van der Waals surface area contributed by atoms with Gasteiger partial charge in [-0.25, -0.2) is 8.78 Å². The minimum Gasteiger partial charge on any atom is -0.338 e. The summed E-state index contributed by atoms with van der Waals surface area (Å²) in [6.45, 7) is 3.98. The Morgan fingerprint density at radius 1 is 1.17 bits per heavy atom. The van der Waals surface area contributed by atoms with Crippen molar-refractivity contribution in [2.45, 2.75) is 26.3 Å². The first-order chi connectivity index (χ1) is 10.9. The molecule has 2 aromatic rings. The summed E-state index contributed by atoms with van der Waals surface area (Å²) < 4.78 is 27.5. The van der Waals surface area contributed by atoms with E-state index in [1.165, 1.54) is 11.0 Å². The predicted octanol–water partition coefficient (Wildman–Crippen LogP) is 3.76. The highest BCUT2D eigenvalue weighted by Crippen LogP contribution is 2.27. The van der Waals surface area contributed by atoms with E-state index in [0.29, 0.717) is 0 Å². The van der Waals surface area contributed by atoms with Crippen molar-refractivity contribution in [1.29, 1.82) is 0 Å². The quantitative estimate of drug-likeness (QED) is 0.841. The van der Waals surface area contributed by atoms with Crippen molar-refractivity contribution in [2.24, 2.45) is 5.92 Å². The topological polar surface area (TPSA) is 33.2 Å². The van der Waals surface area contributed by atoms with Crippen LogP contribution >= 0.6 is 0 Å². The zero-order valence-electron chi connectivity index (χ0n) is 13.5. The number of carbonyl (C=O) groups excluding carboxylic acids is 1. The lowest BCUT2D eigenvalue weighted by Gasteiger charge is -2.31. The van der Waals surface area contributed by atoms with Crippen molar-refractivity contribution in [2.75, 3.05) is 7.05 Å². The minimum absolute atomic E-state index is 0.138. The molecule has 1 atom stereocenters. The summed E-state index contributed by atoms with van der Waals surface area (Å²) in [6, 6.07) is 7.10. The first-order valence-corrected chi connectivity index (χ1v) is 7.50. The first kappa shape index (κ1) is 17.1. The van der Waals surface area contributed by atoms with Gasteiger partial charge in [-0.1, -0.05) is 26.0 Å². The standard InChI is InChI=1S/C18H20F2N2O/c1-12(2)18(13-6-5-9-21-11-13)22(3)17(23)10-14-15(19)7-4-8-16(14)20/h4-9,11-12,18H,10H2,1-3H3/t18-/m0/s1. The van der Waals surface area contributed by atoms with Gasteiger partial charge in [-0.05, 0) is 29.7 Å². The molecule has 0 aliphatic rings. The fourth-order valence-corrected chi connectivity index (χ4v) is 2.74. The number of carbonyl (C=O) groups is 1. The number of hydrogen-bond acceptors (Lipinski definition) is 2. The number of benzene rings is 1. The number of amides is 1. The molecule has 23 heavy (non-hydrogen) atoms. The number of hydrogen-bond donors (Lipinski definition) is 0. The number of halogens is 2. The molecular formula is C18H20F2N2O. The fourth-order valence-electron chi connectivity index (χ4n) is 2.74. The summed E-state index contributed by atoms with van der Waals surface area (Å²) in [7, 11) is 1.65. The Hall–Kier alpha value is -2.30. The predicted molar refractivity (Wildman–Crippen MR) is 84.6 cm³/mol. The number of nitrogens with zero attached hydrogens (tertiary/aromatic N) is 2. The summed E-state index contributed by atoms with van der Waals surface area (Å²) in [5, 5.41) is 0. The lowest BCUT2D eigenvalue weighted by atomic mass is 9.95. The average molecular weight is 318 g/mol. The Bertz CT molecular complexity index is 654. The van der Waals surface area contributed by atoms with Crippen LogP contribution in [0, 0.1) is 17.6 Å². The van der Waals surface area contributed by atoms with E-state index in [-0.39, 0.29) is 29.9 Å². The number of aromatic nitrogens is 1. The van der Waals surface area contributed by atoms with Gasteiger partial charge in [0.25, 0.3) is 0 Å². The van der Waals surface area contributed by atoms with Gasteiger partial charge in [0.15, 0.2) is 0 Å². The van der Waals surface area contributed by atoms with Gasteiger partial charge in [0.1, 0.15) is 11.6 Å². The Morgan fingerprint density at radius 3 is 2.35 bits per heavy atom. The molecule has 1 heterocycles. The Morgan fingerprint density at radius 2 is 1.83 bits per heavy atom. The van der Waals surface area contributed by atoms with Gasteiger partial charge < -0.3 is 4.90 Å². The second kappa shape index (κ2) is 7.31. The van der Waals surface area contributed by atoms with Crippen LogP contribution in [-0.2, 0) is 11.2 Å². The molecular weight excluding hydrogens is 298 g/mol. The molecule has 5 heteroatoms. The maximum atomic E-state index is 13.7. The van der Waals surface area contributed by atoms with Crippen LogP contribution < -0.4 is 0 Å². The lowest BCUT2D eigenvalue weighted by molar-refractivity contribution is -0.132. The second-order valence-corrected chi connectivity index (χ2v) is 5.86. The fraction of sp³-hybridized carbons (Fsp3) is 0.333. The summed E-state index contributed by atoms with van der Waals surface area (Å²) in [4.78, 5) is 18.1. The Labute approximate surface area is 135 Å². The van der Waals surface area contributed by atoms with Crippen LogP contribution in [0.5, 0.6) is 0 Å². The van der Waals surface area contributed by atoms with Crippen LogP contribution in [-0.4, -0.2) is 22.8 Å². The highest BCUT2D eigenvalue weighted by Gasteiger charge is 2.26. The summed E-state index contributed by atoms with van der Waals surface area (Å²) in [5.41, 5.74) is 0.699. The van der Waals surface area contributed by atoms with E-state index in [4.69, 9.17) is 0 Å². The van der Waals surface area contributed by atoms with Crippen molar-refractivity contribution in [3.63, 3.8) is 0 Å². The molecule has 0 bridgehead atoms. The molecule has 122 valence electrons. The van der Waals surface area contributed by atoms with Crippen LogP contribution in [0.2, 0.25) is 0 Å². The van der Waals surface area contributed by atoms with Gasteiger partial charge in [0.2, 0.25) is 5.91 Å². The Kier molecular flexibility index (Phi) is 5.42. The molecule has 1 aromatic carbocycles. The normalized spacial score (nSPS) is 12.3. The van der Waals surface area contributed by atoms with E-state index < -0.39 is 11.6 Å². The van der Waals surface area contributed by atoms with E-state index in [2.05, 4.69) is 4.98 Å². The van der Waals surface area contributed by atoms with Crippen molar-refractivity contribution in [1.82, 2.24) is 9.88 Å². The molecule has 0 unspecified atom stereocenters. The van der Waals surface area contributed by atoms with Gasteiger partial charge in [-0.3, -0.25) is 9.78 Å². The molecule has 3 nitrogen and oxygen atoms in total. The van der Waals surface area contributed by atoms with Crippen LogP contribution in [0.3, 0.4) is 0 Å². The van der Waals surface area contributed by atoms with Gasteiger partial charge in [0.05, 0.1) is 12.5 Å². The molecule has 0 aliphatic carbocycles. The second-order valence-electron chi connectivity index (χ2n) is 5.86. The molecule has 2 rings (SSSR count). The van der Waals surface area contributed by atoms with Gasteiger partial charge >= 0.3 is 0 Å². The van der Waals surface area contributed by atoms with Crippen LogP contribution in [0.4, 0.5) is 8.78 Å². The van der Waals surface area contributed by atoms with Crippen molar-refractivity contribution in [3.05, 3.63) is 65.5 Å². The van der Waals surface area contributed by atoms with Crippen molar-refractivity contribution in [3.8, 4) is 0 Å². The smallest absolute Gasteiger partial charge is 0.227 e. The number of pyridine rings is 1. The maximum Gasteiger partial charge on any atom is 0.227 e. The van der Waals surface area contributed by atoms with E-state index in [9.17, 15) is 13.6 Å². The highest BCUT2D eigenvalue weighted by atomic mass is 19.1. The van der Waals surface area contributed by atoms with E-state index in [1.54, 1.807) is 25.5 Å². The largest absolute Gasteiger partial charge is 0.338 e. The Balaban J connectivity index is 2.23. The molecule has 0 fully saturated rings. The number of rotatable bonds is 5. The van der Waals surface area contributed by atoms with Gasteiger partial charge in [-0.15, -0.1) is 0 Å². The molecule has 0 aliphatic heterocycles. The van der Waals surface area contributed by atoms with E-state index in [1.807, 2.05) is 19.9 Å². The van der Waals surface area contributed by atoms with E-state index in [0.717, 1.165) is 17.7 Å². The molecule has 0 radical (unpaired) electrons. The zero-order chi connectivity index (χ0) is 17.0. The summed E-state index contributed by atoms with van der Waals surface area (Å²) >= 11 is 0. The van der Waals surface area contributed by atoms with Crippen LogP contribution in [0.15, 0.2) is 42.7 Å². The lowest BCUT2D eigenvalue weighted by Crippen LogP contribution is -2.35. The molecule has 0 saturated heterocycles. The maximum absolute atomic E-state index is 13.7. The average Bonchev–Trinajstić information content (AvgIpc) is 2.51. The van der Waals surface area contributed by atoms with Crippen molar-refractivity contribution < 1.29 is 13.6 Å². The van der Waals surface area contributed by atoms with Gasteiger partial charge in [-0.2, -0.15) is 0 Å². The zero-order valence-corrected chi connectivity index (χ0v) is 13.5. The summed E-state index contributed by atoms with van der Waals surface area (Å²) in [6.07, 6.45) is 3.06. The third-order valence-corrected chi connectivity index (χ3v) is 3.86. The third kappa shape index (κ3) is 3.92. The molecule has 0 N–H and O–H groups in total. The molecule has 1 aromatic heterocycles. The van der Waals surface area contributed by atoms with Crippen LogP contribution in [0.1, 0.15) is 31.0 Å². The third-order valence-electron chi connectivity index (χ3n) is 3.86. The highest BCUT2D eigenvalue weighted by molar-refractivity contribution is 5.79. The SMILES string of the molecule is CC(C)[C@@H](c1cccnc1)N(C)C(=O)Cc1c(F)cccc1F. The first-order valence-electron chi connectivity index (χ1n) is 7.50. The van der Waals surface area contributed by atoms with Gasteiger partial charge in [0, 0.05) is 25.0 Å². The summed E-state index contributed by atoms with van der Waals surface area (Å²) in [5.74, 6) is -1.60. The van der Waals surface area contributed by atoms with Crippen molar-refractivity contribution >= 4 is 5.91 Å². The number of likely N-dealkylation sites (N-methyl/N-ethyl adjacent to an activating group) is 1. The molecule has 0 spiro atoms. The molecule has 0 saturated carbocycles. The molecule has 1 amide bonds. The monoisotopic (exact) mass is 318 g/mol. The van der Waals surface area contributed by atoms with Crippen LogP contribution in [0.25, 0.3) is 0 Å². The minimum atomic E-state index is -0.700.